The first kappa shape index (κ1) is 28.2. The van der Waals surface area contributed by atoms with Gasteiger partial charge < -0.3 is 9.84 Å². The van der Waals surface area contributed by atoms with E-state index in [-0.39, 0.29) is 11.1 Å². The van der Waals surface area contributed by atoms with Gasteiger partial charge in [0.1, 0.15) is 0 Å². The third-order valence-corrected chi connectivity index (χ3v) is 5.97. The van der Waals surface area contributed by atoms with Crippen LogP contribution in [0.2, 0.25) is 0 Å². The van der Waals surface area contributed by atoms with E-state index in [4.69, 9.17) is 4.74 Å². The Morgan fingerprint density at radius 3 is 1.88 bits per heavy atom. The number of esters is 1. The first-order chi connectivity index (χ1) is 15.3. The first-order valence-corrected chi connectivity index (χ1v) is 12.8. The van der Waals surface area contributed by atoms with E-state index in [2.05, 4.69) is 27.7 Å². The number of carbonyl (C=O) groups is 2. The molecule has 1 aromatic carbocycles. The smallest absolute Gasteiger partial charge is 0.339 e. The standard InChI is InChI=1S/C28H46O4/c1-22(2)16-11-7-5-9-13-18-24-19-15-20-25(26(24)27(29)30)28(31)32-21-14-10-6-8-12-17-23(3)4/h15,19-20,22-23H,5-14,16-18,21H2,1-4H3,(H,29,30). The highest BCUT2D eigenvalue weighted by atomic mass is 16.5. The Kier molecular flexibility index (Phi) is 14.8. The second-order valence-electron chi connectivity index (χ2n) is 9.93. The Hall–Kier alpha value is -1.84. The van der Waals surface area contributed by atoms with Crippen LogP contribution in [0.3, 0.4) is 0 Å². The average Bonchev–Trinajstić information content (AvgIpc) is 2.73. The molecule has 0 bridgehead atoms. The summed E-state index contributed by atoms with van der Waals surface area (Å²) in [6.07, 6.45) is 14.4. The fourth-order valence-electron chi connectivity index (χ4n) is 4.06. The van der Waals surface area contributed by atoms with Gasteiger partial charge in [0, 0.05) is 0 Å². The van der Waals surface area contributed by atoms with Crippen LogP contribution in [0.25, 0.3) is 0 Å². The van der Waals surface area contributed by atoms with Gasteiger partial charge >= 0.3 is 11.9 Å². The van der Waals surface area contributed by atoms with E-state index in [1.54, 1.807) is 12.1 Å². The summed E-state index contributed by atoms with van der Waals surface area (Å²) in [6.45, 7) is 9.34. The fraction of sp³-hybridized carbons (Fsp3) is 0.714. The summed E-state index contributed by atoms with van der Waals surface area (Å²) in [5.41, 5.74) is 1.04. The number of carboxylic acids is 1. The molecule has 0 atom stereocenters. The second kappa shape index (κ2) is 16.7. The van der Waals surface area contributed by atoms with Gasteiger partial charge in [-0.3, -0.25) is 0 Å². The van der Waals surface area contributed by atoms with E-state index < -0.39 is 11.9 Å². The van der Waals surface area contributed by atoms with Crippen LogP contribution in [0.5, 0.6) is 0 Å². The van der Waals surface area contributed by atoms with E-state index in [1.165, 1.54) is 44.9 Å². The number of aryl methyl sites for hydroxylation is 1. The summed E-state index contributed by atoms with van der Waals surface area (Å²) in [5, 5.41) is 9.74. The summed E-state index contributed by atoms with van der Waals surface area (Å²) in [4.78, 5) is 24.5. The minimum atomic E-state index is -1.05. The number of carboxylic acid groups (broad SMARTS) is 1. The van der Waals surface area contributed by atoms with Crippen molar-refractivity contribution < 1.29 is 19.4 Å². The van der Waals surface area contributed by atoms with Crippen molar-refractivity contribution in [1.82, 2.24) is 0 Å². The minimum absolute atomic E-state index is 0.117. The average molecular weight is 447 g/mol. The number of hydrogen-bond donors (Lipinski definition) is 1. The largest absolute Gasteiger partial charge is 0.478 e. The molecule has 1 rings (SSSR count). The third-order valence-electron chi connectivity index (χ3n) is 5.97. The van der Waals surface area contributed by atoms with Crippen molar-refractivity contribution >= 4 is 11.9 Å². The lowest BCUT2D eigenvalue weighted by atomic mass is 9.96. The minimum Gasteiger partial charge on any atom is -0.478 e. The fourth-order valence-corrected chi connectivity index (χ4v) is 4.06. The van der Waals surface area contributed by atoms with Crippen molar-refractivity contribution in [2.45, 2.75) is 111 Å². The topological polar surface area (TPSA) is 63.6 Å². The molecule has 0 unspecified atom stereocenters. The van der Waals surface area contributed by atoms with Crippen LogP contribution < -0.4 is 0 Å². The van der Waals surface area contributed by atoms with Gasteiger partial charge in [-0.15, -0.1) is 0 Å². The van der Waals surface area contributed by atoms with Crippen LogP contribution in [0.15, 0.2) is 18.2 Å². The molecule has 0 aliphatic carbocycles. The zero-order valence-corrected chi connectivity index (χ0v) is 21.0. The van der Waals surface area contributed by atoms with Crippen molar-refractivity contribution in [2.75, 3.05) is 6.61 Å². The summed E-state index contributed by atoms with van der Waals surface area (Å²) in [6, 6.07) is 5.18. The number of rotatable bonds is 18. The number of benzene rings is 1. The van der Waals surface area contributed by atoms with Gasteiger partial charge in [-0.05, 0) is 42.7 Å². The molecule has 0 amide bonds. The maximum atomic E-state index is 12.5. The molecular weight excluding hydrogens is 400 g/mol. The molecule has 0 heterocycles. The predicted molar refractivity (Wildman–Crippen MR) is 132 cm³/mol. The molecule has 0 aliphatic heterocycles. The van der Waals surface area contributed by atoms with Crippen molar-refractivity contribution in [1.29, 1.82) is 0 Å². The number of ether oxygens (including phenoxy) is 1. The zero-order chi connectivity index (χ0) is 23.8. The van der Waals surface area contributed by atoms with Gasteiger partial charge in [0.25, 0.3) is 0 Å². The van der Waals surface area contributed by atoms with Crippen LogP contribution in [-0.4, -0.2) is 23.7 Å². The van der Waals surface area contributed by atoms with Crippen LogP contribution in [0, 0.1) is 11.8 Å². The van der Waals surface area contributed by atoms with Gasteiger partial charge in [0.2, 0.25) is 0 Å². The van der Waals surface area contributed by atoms with Crippen molar-refractivity contribution in [3.63, 3.8) is 0 Å². The first-order valence-electron chi connectivity index (χ1n) is 12.8. The van der Waals surface area contributed by atoms with E-state index in [0.717, 1.165) is 49.5 Å². The van der Waals surface area contributed by atoms with Gasteiger partial charge in [-0.2, -0.15) is 0 Å². The Morgan fingerprint density at radius 1 is 0.781 bits per heavy atom. The summed E-state index contributed by atoms with van der Waals surface area (Å²) in [5.74, 6) is -0.0532. The second-order valence-corrected chi connectivity index (χ2v) is 9.93. The van der Waals surface area contributed by atoms with Crippen LogP contribution in [0.1, 0.15) is 131 Å². The number of aromatic carboxylic acids is 1. The highest BCUT2D eigenvalue weighted by Gasteiger charge is 2.21. The molecular formula is C28H46O4. The number of hydrogen-bond acceptors (Lipinski definition) is 3. The van der Waals surface area contributed by atoms with Gasteiger partial charge in [-0.1, -0.05) is 104 Å². The molecule has 0 radical (unpaired) electrons. The molecule has 1 aromatic rings. The lowest BCUT2D eigenvalue weighted by molar-refractivity contribution is 0.0487. The predicted octanol–water partition coefficient (Wildman–Crippen LogP) is 8.08. The molecule has 4 heteroatoms. The van der Waals surface area contributed by atoms with Crippen LogP contribution in [-0.2, 0) is 11.2 Å². The maximum Gasteiger partial charge on any atom is 0.339 e. The zero-order valence-electron chi connectivity index (χ0n) is 21.0. The van der Waals surface area contributed by atoms with Crippen molar-refractivity contribution in [3.8, 4) is 0 Å². The molecule has 0 aliphatic rings. The van der Waals surface area contributed by atoms with Gasteiger partial charge in [0.15, 0.2) is 0 Å². The Labute approximate surface area is 196 Å². The highest BCUT2D eigenvalue weighted by Crippen LogP contribution is 2.20. The molecule has 182 valence electrons. The van der Waals surface area contributed by atoms with E-state index in [0.29, 0.717) is 13.0 Å². The third kappa shape index (κ3) is 12.3. The number of carbonyl (C=O) groups excluding carboxylic acids is 1. The Bertz CT molecular complexity index is 663. The van der Waals surface area contributed by atoms with Gasteiger partial charge in [0.05, 0.1) is 17.7 Å². The van der Waals surface area contributed by atoms with Crippen LogP contribution >= 0.6 is 0 Å². The van der Waals surface area contributed by atoms with E-state index >= 15 is 0 Å². The van der Waals surface area contributed by atoms with Crippen molar-refractivity contribution in [2.24, 2.45) is 11.8 Å². The highest BCUT2D eigenvalue weighted by molar-refractivity contribution is 6.03. The Morgan fingerprint density at radius 2 is 1.31 bits per heavy atom. The molecule has 4 nitrogen and oxygen atoms in total. The summed E-state index contributed by atoms with van der Waals surface area (Å²) >= 11 is 0. The van der Waals surface area contributed by atoms with Crippen molar-refractivity contribution in [3.05, 3.63) is 34.9 Å². The molecule has 0 saturated carbocycles. The lowest BCUT2D eigenvalue weighted by Gasteiger charge is -2.12. The normalized spacial score (nSPS) is 11.3. The SMILES string of the molecule is CC(C)CCCCCCCOC(=O)c1cccc(CCCCCCCC(C)C)c1C(=O)O. The monoisotopic (exact) mass is 446 g/mol. The maximum absolute atomic E-state index is 12.5. The quantitative estimate of drug-likeness (QED) is 0.183. The molecule has 0 saturated heterocycles. The molecule has 32 heavy (non-hydrogen) atoms. The van der Waals surface area contributed by atoms with E-state index in [1.807, 2.05) is 6.07 Å². The molecule has 0 fully saturated rings. The lowest BCUT2D eigenvalue weighted by Crippen LogP contribution is -2.15. The molecule has 0 aromatic heterocycles. The molecule has 1 N–H and O–H groups in total. The van der Waals surface area contributed by atoms with Gasteiger partial charge in [-0.25, -0.2) is 9.59 Å². The number of unbranched alkanes of at least 4 members (excludes halogenated alkanes) is 8. The molecule has 0 spiro atoms. The Balaban J connectivity index is 2.44. The van der Waals surface area contributed by atoms with E-state index in [9.17, 15) is 14.7 Å². The van der Waals surface area contributed by atoms with Crippen LogP contribution in [0.4, 0.5) is 0 Å². The summed E-state index contributed by atoms with van der Waals surface area (Å²) in [7, 11) is 0. The summed E-state index contributed by atoms with van der Waals surface area (Å²) < 4.78 is 5.41.